The average molecular weight is 382 g/mol. The van der Waals surface area contributed by atoms with E-state index in [9.17, 15) is 0 Å². The molecule has 0 saturated heterocycles. The first kappa shape index (κ1) is 25.7. The lowest BCUT2D eigenvalue weighted by Gasteiger charge is -2.19. The van der Waals surface area contributed by atoms with Crippen LogP contribution in [-0.4, -0.2) is 103 Å². The van der Waals surface area contributed by atoms with Gasteiger partial charge in [-0.1, -0.05) is 0 Å². The van der Waals surface area contributed by atoms with E-state index in [0.717, 1.165) is 0 Å². The van der Waals surface area contributed by atoms with Crippen LogP contribution in [-0.2, 0) is 33.2 Å². The van der Waals surface area contributed by atoms with Crippen molar-refractivity contribution in [3.63, 3.8) is 0 Å². The number of hydrogen-bond donors (Lipinski definition) is 1. The standard InChI is InChI=1S/C18H38O8/c1-18(2,3)26-17-16-25-15-14-24-13-12-23-11-10-22-9-8-21-7-6-20-5-4-19/h19H,4-17H2,1-3H3. The van der Waals surface area contributed by atoms with Gasteiger partial charge < -0.3 is 38.3 Å². The van der Waals surface area contributed by atoms with Crippen LogP contribution in [0.25, 0.3) is 0 Å². The highest BCUT2D eigenvalue weighted by molar-refractivity contribution is 4.57. The summed E-state index contributed by atoms with van der Waals surface area (Å²) in [6, 6.07) is 0. The van der Waals surface area contributed by atoms with Gasteiger partial charge in [0.15, 0.2) is 0 Å². The third-order valence-electron chi connectivity index (χ3n) is 2.86. The van der Waals surface area contributed by atoms with Gasteiger partial charge >= 0.3 is 0 Å². The van der Waals surface area contributed by atoms with Crippen molar-refractivity contribution in [2.75, 3.05) is 92.5 Å². The van der Waals surface area contributed by atoms with Crippen LogP contribution in [0, 0.1) is 0 Å². The quantitative estimate of drug-likeness (QED) is 0.311. The normalized spacial score (nSPS) is 12.0. The molecule has 0 aliphatic carbocycles. The molecule has 0 bridgehead atoms. The van der Waals surface area contributed by atoms with Crippen molar-refractivity contribution in [3.05, 3.63) is 0 Å². The molecule has 26 heavy (non-hydrogen) atoms. The fourth-order valence-corrected chi connectivity index (χ4v) is 1.67. The van der Waals surface area contributed by atoms with E-state index in [1.807, 2.05) is 20.8 Å². The van der Waals surface area contributed by atoms with Gasteiger partial charge in [0.25, 0.3) is 0 Å². The van der Waals surface area contributed by atoms with E-state index in [1.54, 1.807) is 0 Å². The maximum Gasteiger partial charge on any atom is 0.0707 e. The molecule has 0 aliphatic rings. The molecule has 0 unspecified atom stereocenters. The van der Waals surface area contributed by atoms with Crippen LogP contribution in [0.15, 0.2) is 0 Å². The van der Waals surface area contributed by atoms with Gasteiger partial charge in [-0.3, -0.25) is 0 Å². The summed E-state index contributed by atoms with van der Waals surface area (Å²) in [5.74, 6) is 0. The Morgan fingerprint density at radius 3 is 1.00 bits per heavy atom. The highest BCUT2D eigenvalue weighted by atomic mass is 16.6. The maximum absolute atomic E-state index is 8.52. The Kier molecular flexibility index (Phi) is 19.2. The number of aliphatic hydroxyl groups is 1. The average Bonchev–Trinajstić information content (AvgIpc) is 2.59. The Bertz CT molecular complexity index is 270. The summed E-state index contributed by atoms with van der Waals surface area (Å²) < 4.78 is 37.5. The predicted molar refractivity (Wildman–Crippen MR) is 97.7 cm³/mol. The molecular formula is C18H38O8. The molecule has 0 aromatic heterocycles. The lowest BCUT2D eigenvalue weighted by Crippen LogP contribution is -2.22. The second-order valence-electron chi connectivity index (χ2n) is 6.36. The van der Waals surface area contributed by atoms with E-state index < -0.39 is 0 Å². The van der Waals surface area contributed by atoms with Gasteiger partial charge in [0.2, 0.25) is 0 Å². The topological polar surface area (TPSA) is 84.8 Å². The molecule has 0 atom stereocenters. The molecule has 0 aromatic rings. The van der Waals surface area contributed by atoms with Crippen LogP contribution in [0.1, 0.15) is 20.8 Å². The zero-order chi connectivity index (χ0) is 19.3. The SMILES string of the molecule is CC(C)(C)OCCOCCOCCOCCOCCOCCOCCO. The summed E-state index contributed by atoms with van der Waals surface area (Å²) in [5, 5.41) is 8.52. The van der Waals surface area contributed by atoms with Gasteiger partial charge in [-0.15, -0.1) is 0 Å². The zero-order valence-electron chi connectivity index (χ0n) is 16.7. The van der Waals surface area contributed by atoms with Gasteiger partial charge in [0.1, 0.15) is 0 Å². The number of rotatable bonds is 20. The van der Waals surface area contributed by atoms with Crippen molar-refractivity contribution in [1.29, 1.82) is 0 Å². The summed E-state index contributed by atoms with van der Waals surface area (Å²) in [6.45, 7) is 12.9. The highest BCUT2D eigenvalue weighted by Gasteiger charge is 2.08. The lowest BCUT2D eigenvalue weighted by atomic mass is 10.2. The van der Waals surface area contributed by atoms with Crippen LogP contribution >= 0.6 is 0 Å². The Labute approximate surface area is 158 Å². The highest BCUT2D eigenvalue weighted by Crippen LogP contribution is 2.05. The first-order valence-electron chi connectivity index (χ1n) is 9.27. The largest absolute Gasteiger partial charge is 0.394 e. The van der Waals surface area contributed by atoms with Crippen molar-refractivity contribution >= 4 is 0 Å². The Balaban J connectivity index is 3.01. The Morgan fingerprint density at radius 2 is 0.731 bits per heavy atom. The van der Waals surface area contributed by atoms with Crippen LogP contribution in [0.4, 0.5) is 0 Å². The van der Waals surface area contributed by atoms with E-state index in [2.05, 4.69) is 0 Å². The fourth-order valence-electron chi connectivity index (χ4n) is 1.67. The molecule has 0 saturated carbocycles. The van der Waals surface area contributed by atoms with E-state index in [4.69, 9.17) is 38.3 Å². The molecule has 0 heterocycles. The van der Waals surface area contributed by atoms with Crippen molar-refractivity contribution in [3.8, 4) is 0 Å². The maximum atomic E-state index is 8.52. The van der Waals surface area contributed by atoms with Crippen LogP contribution in [0.5, 0.6) is 0 Å². The predicted octanol–water partition coefficient (Wildman–Crippen LogP) is 0.893. The van der Waals surface area contributed by atoms with Crippen LogP contribution in [0.2, 0.25) is 0 Å². The monoisotopic (exact) mass is 382 g/mol. The summed E-state index contributed by atoms with van der Waals surface area (Å²) in [7, 11) is 0. The zero-order valence-corrected chi connectivity index (χ0v) is 16.7. The molecule has 0 aliphatic heterocycles. The van der Waals surface area contributed by atoms with E-state index in [-0.39, 0.29) is 12.2 Å². The summed E-state index contributed by atoms with van der Waals surface area (Å²) >= 11 is 0. The minimum Gasteiger partial charge on any atom is -0.394 e. The van der Waals surface area contributed by atoms with Crippen molar-refractivity contribution in [2.45, 2.75) is 26.4 Å². The molecule has 0 rings (SSSR count). The van der Waals surface area contributed by atoms with Crippen molar-refractivity contribution in [2.24, 2.45) is 0 Å². The minimum atomic E-state index is -0.122. The molecule has 1 N–H and O–H groups in total. The van der Waals surface area contributed by atoms with Crippen molar-refractivity contribution < 1.29 is 38.3 Å². The molecule has 0 radical (unpaired) electrons. The van der Waals surface area contributed by atoms with Gasteiger partial charge in [0, 0.05) is 0 Å². The Morgan fingerprint density at radius 1 is 0.462 bits per heavy atom. The molecule has 8 nitrogen and oxygen atoms in total. The third-order valence-corrected chi connectivity index (χ3v) is 2.86. The van der Waals surface area contributed by atoms with Gasteiger partial charge in [-0.2, -0.15) is 0 Å². The number of hydrogen-bond acceptors (Lipinski definition) is 8. The summed E-state index contributed by atoms with van der Waals surface area (Å²) in [6.07, 6.45) is 0. The summed E-state index contributed by atoms with van der Waals surface area (Å²) in [4.78, 5) is 0. The van der Waals surface area contributed by atoms with Gasteiger partial charge in [0.05, 0.1) is 98.1 Å². The first-order valence-corrected chi connectivity index (χ1v) is 9.27. The van der Waals surface area contributed by atoms with Crippen LogP contribution < -0.4 is 0 Å². The second-order valence-corrected chi connectivity index (χ2v) is 6.36. The minimum absolute atomic E-state index is 0.0367. The van der Waals surface area contributed by atoms with Crippen molar-refractivity contribution in [1.82, 2.24) is 0 Å². The lowest BCUT2D eigenvalue weighted by molar-refractivity contribution is -0.0466. The molecule has 0 amide bonds. The van der Waals surface area contributed by atoms with Crippen LogP contribution in [0.3, 0.4) is 0 Å². The molecule has 0 spiro atoms. The fraction of sp³-hybridized carbons (Fsp3) is 1.00. The molecule has 8 heteroatoms. The Hall–Kier alpha value is -0.320. The van der Waals surface area contributed by atoms with E-state index in [0.29, 0.717) is 85.9 Å². The van der Waals surface area contributed by atoms with E-state index in [1.165, 1.54) is 0 Å². The first-order chi connectivity index (χ1) is 12.6. The molecular weight excluding hydrogens is 344 g/mol. The molecule has 0 aromatic carbocycles. The smallest absolute Gasteiger partial charge is 0.0707 e. The number of ether oxygens (including phenoxy) is 7. The summed E-state index contributed by atoms with van der Waals surface area (Å²) in [5.41, 5.74) is -0.122. The molecule has 0 fully saturated rings. The third kappa shape index (κ3) is 23.7. The molecule has 158 valence electrons. The van der Waals surface area contributed by atoms with Gasteiger partial charge in [-0.25, -0.2) is 0 Å². The van der Waals surface area contributed by atoms with E-state index >= 15 is 0 Å². The second kappa shape index (κ2) is 19.4. The number of aliphatic hydroxyl groups excluding tert-OH is 1. The van der Waals surface area contributed by atoms with Gasteiger partial charge in [-0.05, 0) is 20.8 Å².